The Morgan fingerprint density at radius 1 is 1.09 bits per heavy atom. The highest BCUT2D eigenvalue weighted by atomic mass is 16.5. The van der Waals surface area contributed by atoms with E-state index in [-0.39, 0.29) is 48.2 Å². The fraction of sp³-hybridized carbons (Fsp3) is 0.958. The number of ketones is 1. The van der Waals surface area contributed by atoms with Gasteiger partial charge in [-0.15, -0.1) is 0 Å². The molecule has 7 bridgehead atoms. The Labute approximate surface area is 194 Å². The molecule has 9 heteroatoms. The van der Waals surface area contributed by atoms with E-state index in [1.54, 1.807) is 21.3 Å². The summed E-state index contributed by atoms with van der Waals surface area (Å²) in [5.74, 6) is -1.51. The van der Waals surface area contributed by atoms with E-state index in [9.17, 15) is 20.1 Å². The lowest BCUT2D eigenvalue weighted by Gasteiger charge is -2.68. The Morgan fingerprint density at radius 2 is 1.82 bits per heavy atom. The Hall–Kier alpha value is -0.650. The van der Waals surface area contributed by atoms with E-state index in [2.05, 4.69) is 11.9 Å². The Kier molecular flexibility index (Phi) is 4.82. The number of nitrogens with zero attached hydrogens (tertiary/aromatic N) is 1. The minimum absolute atomic E-state index is 0.0322. The fourth-order valence-electron chi connectivity index (χ4n) is 10.7. The summed E-state index contributed by atoms with van der Waals surface area (Å²) in [6.07, 6.45) is -2.66. The van der Waals surface area contributed by atoms with Gasteiger partial charge in [-0.05, 0) is 19.4 Å². The van der Waals surface area contributed by atoms with Gasteiger partial charge in [-0.3, -0.25) is 4.79 Å². The van der Waals surface area contributed by atoms with Crippen LogP contribution in [0.1, 0.15) is 12.8 Å². The molecular weight excluding hydrogens is 430 g/mol. The Morgan fingerprint density at radius 3 is 2.42 bits per heavy atom. The van der Waals surface area contributed by atoms with Crippen LogP contribution in [0.2, 0.25) is 0 Å². The van der Waals surface area contributed by atoms with E-state index in [1.165, 1.54) is 7.11 Å². The number of fused-ring (bicyclic) bond motifs is 2. The summed E-state index contributed by atoms with van der Waals surface area (Å²) in [7, 11) is 8.52. The maximum Gasteiger partial charge on any atom is 0.168 e. The van der Waals surface area contributed by atoms with Crippen LogP contribution in [0.4, 0.5) is 0 Å². The van der Waals surface area contributed by atoms with Crippen molar-refractivity contribution in [1.82, 2.24) is 4.90 Å². The second kappa shape index (κ2) is 6.97. The van der Waals surface area contributed by atoms with E-state index < -0.39 is 46.6 Å². The minimum atomic E-state index is -1.62. The van der Waals surface area contributed by atoms with Gasteiger partial charge < -0.3 is 39.2 Å². The Balaban J connectivity index is 1.65. The molecule has 0 aromatic rings. The number of hydrogen-bond donors (Lipinski definition) is 3. The SMILES string of the molecule is COC[C@]12CN(C)[C@@H]3[C@H]4[C@H](OC)[C@H]1[C@@]3([C@@H](OC)C[C@H]2O)[C@@H]1C[C@]2(O)[C@H](OC)C(=O)[C@H]4[C@H]1[C@H]2O. The summed E-state index contributed by atoms with van der Waals surface area (Å²) in [6, 6.07) is -0.0322. The maximum absolute atomic E-state index is 13.9. The van der Waals surface area contributed by atoms with E-state index in [1.807, 2.05) is 0 Å². The highest BCUT2D eigenvalue weighted by Gasteiger charge is 2.87. The quantitative estimate of drug-likeness (QED) is 0.464. The molecule has 1 heterocycles. The van der Waals surface area contributed by atoms with Crippen molar-refractivity contribution in [3.05, 3.63) is 0 Å². The van der Waals surface area contributed by atoms with Gasteiger partial charge in [0.15, 0.2) is 5.78 Å². The standard InChI is InChI=1S/C24H37NO8/c1-25-8-22(9-30-2)11(26)6-12(31-3)24-10-7-23(29)20(28)13(10)14(16(27)21(23)33-5)15(19(24)25)17(32-4)18(22)24/h10-15,17-21,26,28-29H,6-9H2,1-5H3/t10-,11-,12+,13+,14+,15-,17+,18-,19-,20-,21-,22+,23-,24+/m1/s1. The molecule has 5 saturated carbocycles. The molecule has 1 spiro atoms. The summed E-state index contributed by atoms with van der Waals surface area (Å²) in [4.78, 5) is 16.1. The van der Waals surface area contributed by atoms with Crippen LogP contribution in [0.3, 0.4) is 0 Å². The summed E-state index contributed by atoms with van der Waals surface area (Å²) in [5.41, 5.74) is -2.72. The van der Waals surface area contributed by atoms with Crippen LogP contribution in [-0.4, -0.2) is 117 Å². The average Bonchev–Trinajstić information content (AvgIpc) is 3.11. The number of likely N-dealkylation sites (tertiary alicyclic amines) is 1. The number of aliphatic hydroxyl groups is 3. The van der Waals surface area contributed by atoms with Crippen LogP contribution in [-0.2, 0) is 23.7 Å². The largest absolute Gasteiger partial charge is 0.392 e. The summed E-state index contributed by atoms with van der Waals surface area (Å²) in [5, 5.41) is 34.7. The van der Waals surface area contributed by atoms with Gasteiger partial charge in [0.1, 0.15) is 11.7 Å². The number of Topliss-reactive ketones (excluding diaryl/α,β-unsaturated/α-hetero) is 1. The van der Waals surface area contributed by atoms with E-state index in [0.717, 1.165) is 0 Å². The third kappa shape index (κ3) is 2.18. The molecule has 5 aliphatic carbocycles. The monoisotopic (exact) mass is 467 g/mol. The zero-order valence-electron chi connectivity index (χ0n) is 20.0. The van der Waals surface area contributed by atoms with Crippen molar-refractivity contribution in [2.45, 2.75) is 55.0 Å². The van der Waals surface area contributed by atoms with Gasteiger partial charge in [0.05, 0.1) is 31.0 Å². The first-order valence-electron chi connectivity index (χ1n) is 12.1. The lowest BCUT2D eigenvalue weighted by molar-refractivity contribution is -0.277. The van der Waals surface area contributed by atoms with Crippen LogP contribution in [0.5, 0.6) is 0 Å². The molecule has 1 aliphatic heterocycles. The number of methoxy groups -OCH3 is 4. The first-order chi connectivity index (χ1) is 15.7. The number of ether oxygens (including phenoxy) is 4. The highest BCUT2D eigenvalue weighted by Crippen LogP contribution is 2.78. The van der Waals surface area contributed by atoms with Gasteiger partial charge in [-0.1, -0.05) is 0 Å². The van der Waals surface area contributed by atoms with Crippen molar-refractivity contribution in [2.24, 2.45) is 40.4 Å². The molecule has 6 aliphatic rings. The number of carbonyl (C=O) groups is 1. The predicted octanol–water partition coefficient (Wildman–Crippen LogP) is -1.08. The van der Waals surface area contributed by atoms with E-state index in [4.69, 9.17) is 18.9 Å². The van der Waals surface area contributed by atoms with Gasteiger partial charge in [0.25, 0.3) is 0 Å². The lowest BCUT2D eigenvalue weighted by atomic mass is 9.43. The number of aliphatic hydroxyl groups excluding tert-OH is 2. The van der Waals surface area contributed by atoms with Crippen molar-refractivity contribution in [1.29, 1.82) is 0 Å². The van der Waals surface area contributed by atoms with Crippen LogP contribution in [0.25, 0.3) is 0 Å². The highest BCUT2D eigenvalue weighted by molar-refractivity contribution is 5.90. The molecule has 14 atom stereocenters. The zero-order chi connectivity index (χ0) is 23.7. The van der Waals surface area contributed by atoms with Gasteiger partial charge in [-0.25, -0.2) is 0 Å². The Bertz CT molecular complexity index is 856. The van der Waals surface area contributed by atoms with Crippen LogP contribution in [0.15, 0.2) is 0 Å². The molecule has 6 fully saturated rings. The topological polar surface area (TPSA) is 118 Å². The molecule has 1 saturated heterocycles. The number of hydrogen-bond acceptors (Lipinski definition) is 9. The van der Waals surface area contributed by atoms with Crippen molar-refractivity contribution < 1.29 is 39.1 Å². The first kappa shape index (κ1) is 22.8. The number of carbonyl (C=O) groups excluding carboxylic acids is 1. The second-order valence-corrected chi connectivity index (χ2v) is 11.6. The average molecular weight is 468 g/mol. The number of piperidine rings is 1. The van der Waals surface area contributed by atoms with Crippen LogP contribution in [0, 0.1) is 40.4 Å². The van der Waals surface area contributed by atoms with Crippen molar-refractivity contribution in [2.75, 3.05) is 48.6 Å². The van der Waals surface area contributed by atoms with E-state index >= 15 is 0 Å². The van der Waals surface area contributed by atoms with Crippen molar-refractivity contribution >= 4 is 5.78 Å². The predicted molar refractivity (Wildman–Crippen MR) is 114 cm³/mol. The van der Waals surface area contributed by atoms with Gasteiger partial charge in [0, 0.05) is 81.9 Å². The molecule has 6 rings (SSSR count). The normalized spacial score (nSPS) is 61.0. The zero-order valence-corrected chi connectivity index (χ0v) is 20.0. The van der Waals surface area contributed by atoms with Gasteiger partial charge in [-0.2, -0.15) is 0 Å². The van der Waals surface area contributed by atoms with Crippen molar-refractivity contribution in [3.8, 4) is 0 Å². The van der Waals surface area contributed by atoms with E-state index in [0.29, 0.717) is 19.6 Å². The molecule has 9 nitrogen and oxygen atoms in total. The molecule has 33 heavy (non-hydrogen) atoms. The van der Waals surface area contributed by atoms with Gasteiger partial charge >= 0.3 is 0 Å². The smallest absolute Gasteiger partial charge is 0.168 e. The molecule has 0 unspecified atom stereocenters. The van der Waals surface area contributed by atoms with Crippen molar-refractivity contribution in [3.63, 3.8) is 0 Å². The second-order valence-electron chi connectivity index (χ2n) is 11.6. The molecule has 0 amide bonds. The lowest BCUT2D eigenvalue weighted by Crippen LogP contribution is -2.76. The fourth-order valence-corrected chi connectivity index (χ4v) is 10.7. The molecule has 186 valence electrons. The van der Waals surface area contributed by atoms with Crippen LogP contribution >= 0.6 is 0 Å². The molecule has 0 radical (unpaired) electrons. The molecule has 3 N–H and O–H groups in total. The minimum Gasteiger partial charge on any atom is -0.392 e. The first-order valence-corrected chi connectivity index (χ1v) is 12.1. The summed E-state index contributed by atoms with van der Waals surface area (Å²) >= 11 is 0. The molecular formula is C24H37NO8. The molecule has 0 aromatic heterocycles. The summed E-state index contributed by atoms with van der Waals surface area (Å²) in [6.45, 7) is 0.995. The maximum atomic E-state index is 13.9. The third-order valence-electron chi connectivity index (χ3n) is 11.0. The number of rotatable bonds is 5. The third-order valence-corrected chi connectivity index (χ3v) is 11.0. The molecule has 0 aromatic carbocycles. The van der Waals surface area contributed by atoms with Gasteiger partial charge in [0.2, 0.25) is 0 Å². The summed E-state index contributed by atoms with van der Waals surface area (Å²) < 4.78 is 23.7. The van der Waals surface area contributed by atoms with Crippen LogP contribution < -0.4 is 0 Å².